The van der Waals surface area contributed by atoms with E-state index in [1.807, 2.05) is 19.0 Å². The summed E-state index contributed by atoms with van der Waals surface area (Å²) >= 11 is 0. The largest absolute Gasteiger partial charge is 0.488 e. The molecule has 14 heavy (non-hydrogen) atoms. The minimum atomic E-state index is -0.494. The molecule has 0 amide bonds. The second-order valence-electron chi connectivity index (χ2n) is 3.69. The van der Waals surface area contributed by atoms with Crippen molar-refractivity contribution in [1.29, 1.82) is 0 Å². The van der Waals surface area contributed by atoms with Gasteiger partial charge in [0.15, 0.2) is 0 Å². The summed E-state index contributed by atoms with van der Waals surface area (Å²) in [6.45, 7) is 0. The maximum atomic E-state index is 12.9. The minimum absolute atomic E-state index is 0.274. The van der Waals surface area contributed by atoms with Crippen LogP contribution in [0.1, 0.15) is 12.8 Å². The summed E-state index contributed by atoms with van der Waals surface area (Å²) in [6, 6.07) is 1.34. The van der Waals surface area contributed by atoms with Crippen LogP contribution in [0.25, 0.3) is 0 Å². The van der Waals surface area contributed by atoms with Gasteiger partial charge in [0.25, 0.3) is 0 Å². The summed E-state index contributed by atoms with van der Waals surface area (Å²) in [5, 5.41) is 0. The first-order valence-corrected chi connectivity index (χ1v) is 4.66. The maximum Gasteiger partial charge on any atom is 0.216 e. The lowest BCUT2D eigenvalue weighted by Gasteiger charge is -2.16. The van der Waals surface area contributed by atoms with Crippen LogP contribution in [-0.2, 0) is 0 Å². The van der Waals surface area contributed by atoms with E-state index in [0.717, 1.165) is 18.5 Å². The van der Waals surface area contributed by atoms with Gasteiger partial charge < -0.3 is 9.64 Å². The Kier molecular flexibility index (Phi) is 2.27. The van der Waals surface area contributed by atoms with E-state index in [9.17, 15) is 4.39 Å². The van der Waals surface area contributed by atoms with Gasteiger partial charge in [-0.3, -0.25) is 0 Å². The molecule has 1 aliphatic rings. The average Bonchev–Trinajstić information content (AvgIpc) is 2.87. The summed E-state index contributed by atoms with van der Waals surface area (Å²) in [5.74, 6) is 0.0938. The van der Waals surface area contributed by atoms with Crippen molar-refractivity contribution < 1.29 is 9.13 Å². The Labute approximate surface area is 82.5 Å². The highest BCUT2D eigenvalue weighted by molar-refractivity contribution is 5.55. The predicted octanol–water partition coefficient (Wildman–Crippen LogP) is 1.83. The minimum Gasteiger partial charge on any atom is -0.488 e. The van der Waals surface area contributed by atoms with Gasteiger partial charge in [-0.15, -0.1) is 0 Å². The molecule has 0 N–H and O–H groups in total. The molecule has 1 aromatic rings. The van der Waals surface area contributed by atoms with Gasteiger partial charge in [-0.2, -0.15) is 4.39 Å². The molecule has 0 unspecified atom stereocenters. The second kappa shape index (κ2) is 3.44. The van der Waals surface area contributed by atoms with Gasteiger partial charge in [0.05, 0.1) is 18.0 Å². The summed E-state index contributed by atoms with van der Waals surface area (Å²) in [7, 11) is 3.77. The zero-order chi connectivity index (χ0) is 10.1. The molecule has 1 aromatic heterocycles. The molecule has 1 aliphatic carbocycles. The molecule has 3 nitrogen and oxygen atoms in total. The molecule has 2 rings (SSSR count). The molecule has 1 heterocycles. The lowest BCUT2D eigenvalue weighted by molar-refractivity contribution is 0.301. The maximum absolute atomic E-state index is 12.9. The van der Waals surface area contributed by atoms with Gasteiger partial charge in [-0.1, -0.05) is 0 Å². The van der Waals surface area contributed by atoms with Crippen molar-refractivity contribution in [2.45, 2.75) is 18.9 Å². The Hall–Kier alpha value is -1.32. The molecule has 0 saturated heterocycles. The Morgan fingerprint density at radius 2 is 2.21 bits per heavy atom. The Balaban J connectivity index is 2.27. The molecule has 0 bridgehead atoms. The number of hydrogen-bond acceptors (Lipinski definition) is 3. The monoisotopic (exact) mass is 196 g/mol. The van der Waals surface area contributed by atoms with E-state index >= 15 is 0 Å². The highest BCUT2D eigenvalue weighted by Gasteiger charge is 2.25. The quantitative estimate of drug-likeness (QED) is 0.689. The molecule has 1 fully saturated rings. The highest BCUT2D eigenvalue weighted by Crippen LogP contribution is 2.32. The Morgan fingerprint density at radius 3 is 2.79 bits per heavy atom. The van der Waals surface area contributed by atoms with Crippen LogP contribution in [0.4, 0.5) is 10.1 Å². The second-order valence-corrected chi connectivity index (χ2v) is 3.69. The zero-order valence-electron chi connectivity index (χ0n) is 8.33. The molecule has 0 aromatic carbocycles. The van der Waals surface area contributed by atoms with E-state index in [4.69, 9.17) is 4.74 Å². The first kappa shape index (κ1) is 9.24. The topological polar surface area (TPSA) is 25.4 Å². The number of aromatic nitrogens is 1. The standard InChI is InChI=1S/C10H13FN2O/c1-13(2)8-6-12-10(11)5-9(8)14-7-3-4-7/h5-7H,3-4H2,1-2H3. The summed E-state index contributed by atoms with van der Waals surface area (Å²) in [4.78, 5) is 5.47. The van der Waals surface area contributed by atoms with Crippen molar-refractivity contribution >= 4 is 5.69 Å². The fraction of sp³-hybridized carbons (Fsp3) is 0.500. The average molecular weight is 196 g/mol. The number of hydrogen-bond donors (Lipinski definition) is 0. The van der Waals surface area contributed by atoms with Crippen LogP contribution < -0.4 is 9.64 Å². The summed E-state index contributed by atoms with van der Waals surface area (Å²) < 4.78 is 18.4. The molecule has 0 spiro atoms. The summed E-state index contributed by atoms with van der Waals surface area (Å²) in [6.07, 6.45) is 3.90. The van der Waals surface area contributed by atoms with Gasteiger partial charge in [0.2, 0.25) is 5.95 Å². The molecule has 0 atom stereocenters. The normalized spacial score (nSPS) is 15.4. The molecule has 0 aliphatic heterocycles. The third-order valence-corrected chi connectivity index (χ3v) is 2.11. The third-order valence-electron chi connectivity index (χ3n) is 2.11. The van der Waals surface area contributed by atoms with Gasteiger partial charge in [0, 0.05) is 20.2 Å². The van der Waals surface area contributed by atoms with Crippen LogP contribution in [-0.4, -0.2) is 25.2 Å². The van der Waals surface area contributed by atoms with Crippen LogP contribution >= 0.6 is 0 Å². The Bertz CT molecular complexity index is 337. The van der Waals surface area contributed by atoms with Crippen LogP contribution in [0.2, 0.25) is 0 Å². The number of pyridine rings is 1. The zero-order valence-corrected chi connectivity index (χ0v) is 8.33. The summed E-state index contributed by atoms with van der Waals surface area (Å²) in [5.41, 5.74) is 0.818. The van der Waals surface area contributed by atoms with Crippen molar-refractivity contribution in [3.63, 3.8) is 0 Å². The number of rotatable bonds is 3. The molecular formula is C10H13FN2O. The van der Waals surface area contributed by atoms with Crippen LogP contribution in [0.15, 0.2) is 12.3 Å². The smallest absolute Gasteiger partial charge is 0.216 e. The van der Waals surface area contributed by atoms with Crippen molar-refractivity contribution in [2.75, 3.05) is 19.0 Å². The van der Waals surface area contributed by atoms with Gasteiger partial charge in [0.1, 0.15) is 5.75 Å². The van der Waals surface area contributed by atoms with E-state index in [1.54, 1.807) is 0 Å². The first-order valence-electron chi connectivity index (χ1n) is 4.66. The SMILES string of the molecule is CN(C)c1cnc(F)cc1OC1CC1. The van der Waals surface area contributed by atoms with Crippen molar-refractivity contribution in [3.05, 3.63) is 18.2 Å². The predicted molar refractivity (Wildman–Crippen MR) is 52.2 cm³/mol. The molecular weight excluding hydrogens is 183 g/mol. The van der Waals surface area contributed by atoms with E-state index in [-0.39, 0.29) is 6.10 Å². The van der Waals surface area contributed by atoms with E-state index in [1.165, 1.54) is 12.3 Å². The molecule has 0 radical (unpaired) electrons. The number of anilines is 1. The van der Waals surface area contributed by atoms with Gasteiger partial charge in [-0.05, 0) is 12.8 Å². The van der Waals surface area contributed by atoms with Gasteiger partial charge in [-0.25, -0.2) is 4.98 Å². The lowest BCUT2D eigenvalue weighted by atomic mass is 10.3. The van der Waals surface area contributed by atoms with Crippen molar-refractivity contribution in [3.8, 4) is 5.75 Å². The third kappa shape index (κ3) is 1.95. The van der Waals surface area contributed by atoms with Crippen molar-refractivity contribution in [2.24, 2.45) is 0 Å². The lowest BCUT2D eigenvalue weighted by Crippen LogP contribution is -2.12. The number of ether oxygens (including phenoxy) is 1. The number of nitrogens with zero attached hydrogens (tertiary/aromatic N) is 2. The van der Waals surface area contributed by atoms with Crippen molar-refractivity contribution in [1.82, 2.24) is 4.98 Å². The van der Waals surface area contributed by atoms with E-state index < -0.39 is 5.95 Å². The Morgan fingerprint density at radius 1 is 1.50 bits per heavy atom. The van der Waals surface area contributed by atoms with E-state index in [0.29, 0.717) is 5.75 Å². The molecule has 4 heteroatoms. The van der Waals surface area contributed by atoms with Crippen LogP contribution in [0.5, 0.6) is 5.75 Å². The fourth-order valence-corrected chi connectivity index (χ4v) is 1.20. The molecule has 1 saturated carbocycles. The molecule has 76 valence electrons. The van der Waals surface area contributed by atoms with Crippen LogP contribution in [0.3, 0.4) is 0 Å². The van der Waals surface area contributed by atoms with Gasteiger partial charge >= 0.3 is 0 Å². The highest BCUT2D eigenvalue weighted by atomic mass is 19.1. The number of halogens is 1. The first-order chi connectivity index (χ1) is 6.66. The van der Waals surface area contributed by atoms with E-state index in [2.05, 4.69) is 4.98 Å². The fourth-order valence-electron chi connectivity index (χ4n) is 1.20. The van der Waals surface area contributed by atoms with Crippen LogP contribution in [0, 0.1) is 5.95 Å².